The second-order valence-corrected chi connectivity index (χ2v) is 10.1. The van der Waals surface area contributed by atoms with E-state index in [-0.39, 0.29) is 11.8 Å². The number of carbonyl (C=O) groups is 1. The third-order valence-electron chi connectivity index (χ3n) is 6.10. The molecular weight excluding hydrogens is 410 g/mol. The summed E-state index contributed by atoms with van der Waals surface area (Å²) in [5.74, 6) is -0.0874. The molecule has 3 aromatic rings. The molecule has 1 aliphatic rings. The summed E-state index contributed by atoms with van der Waals surface area (Å²) < 4.78 is 29.6. The number of piperidine rings is 1. The van der Waals surface area contributed by atoms with Gasteiger partial charge in [0, 0.05) is 49.7 Å². The molecule has 164 valence electrons. The number of carbonyl (C=O) groups excluding carboxylic acids is 1. The minimum atomic E-state index is -3.55. The minimum absolute atomic E-state index is 0.0378. The molecule has 7 heteroatoms. The maximum absolute atomic E-state index is 13.1. The van der Waals surface area contributed by atoms with Crippen molar-refractivity contribution < 1.29 is 13.2 Å². The van der Waals surface area contributed by atoms with E-state index in [9.17, 15) is 13.2 Å². The van der Waals surface area contributed by atoms with E-state index >= 15 is 0 Å². The molecule has 0 spiro atoms. The van der Waals surface area contributed by atoms with E-state index in [0.29, 0.717) is 37.4 Å². The highest BCUT2D eigenvalue weighted by atomic mass is 32.2. The van der Waals surface area contributed by atoms with E-state index in [2.05, 4.69) is 17.4 Å². The van der Waals surface area contributed by atoms with Crippen molar-refractivity contribution in [1.29, 1.82) is 0 Å². The van der Waals surface area contributed by atoms with Crippen LogP contribution in [0.2, 0.25) is 0 Å². The van der Waals surface area contributed by atoms with Crippen molar-refractivity contribution in [1.82, 2.24) is 14.2 Å². The number of aryl methyl sites for hydroxylation is 2. The van der Waals surface area contributed by atoms with Gasteiger partial charge in [0.1, 0.15) is 0 Å². The monoisotopic (exact) mass is 439 g/mol. The second-order valence-electron chi connectivity index (χ2n) is 8.21. The summed E-state index contributed by atoms with van der Waals surface area (Å²) in [6, 6.07) is 17.4. The largest absolute Gasteiger partial charge is 0.356 e. The Bertz CT molecular complexity index is 1150. The number of benzene rings is 2. The summed E-state index contributed by atoms with van der Waals surface area (Å²) in [5.41, 5.74) is 2.27. The fourth-order valence-corrected chi connectivity index (χ4v) is 5.73. The molecule has 31 heavy (non-hydrogen) atoms. The van der Waals surface area contributed by atoms with Gasteiger partial charge in [-0.3, -0.25) is 4.79 Å². The van der Waals surface area contributed by atoms with Crippen LogP contribution in [0.15, 0.2) is 65.7 Å². The van der Waals surface area contributed by atoms with Crippen LogP contribution in [-0.2, 0) is 28.3 Å². The van der Waals surface area contributed by atoms with E-state index in [1.54, 1.807) is 12.1 Å². The van der Waals surface area contributed by atoms with Gasteiger partial charge in [-0.1, -0.05) is 30.3 Å². The number of hydrogen-bond acceptors (Lipinski definition) is 3. The van der Waals surface area contributed by atoms with E-state index in [0.717, 1.165) is 23.7 Å². The lowest BCUT2D eigenvalue weighted by Gasteiger charge is -2.30. The first kappa shape index (κ1) is 21.6. The third kappa shape index (κ3) is 4.83. The molecule has 1 amide bonds. The first-order valence-corrected chi connectivity index (χ1v) is 12.3. The highest BCUT2D eigenvalue weighted by molar-refractivity contribution is 7.89. The van der Waals surface area contributed by atoms with Gasteiger partial charge in [-0.15, -0.1) is 0 Å². The van der Waals surface area contributed by atoms with Crippen LogP contribution < -0.4 is 5.32 Å². The molecule has 6 nitrogen and oxygen atoms in total. The van der Waals surface area contributed by atoms with Crippen molar-refractivity contribution >= 4 is 26.8 Å². The van der Waals surface area contributed by atoms with Crippen LogP contribution in [0.25, 0.3) is 10.9 Å². The summed E-state index contributed by atoms with van der Waals surface area (Å²) in [5, 5.41) is 3.93. The SMILES string of the molecule is Cn1ccc2cc(S(=O)(=O)N3CCC(C(=O)NCCCc4ccccc4)CC3)ccc21. The number of aromatic nitrogens is 1. The van der Waals surface area contributed by atoms with Crippen LogP contribution >= 0.6 is 0 Å². The molecule has 1 fully saturated rings. The second kappa shape index (κ2) is 9.24. The molecule has 0 aliphatic carbocycles. The fourth-order valence-electron chi connectivity index (χ4n) is 4.22. The van der Waals surface area contributed by atoms with Crippen LogP contribution in [0.3, 0.4) is 0 Å². The van der Waals surface area contributed by atoms with Crippen molar-refractivity contribution in [3.8, 4) is 0 Å². The zero-order chi connectivity index (χ0) is 21.8. The summed E-state index contributed by atoms with van der Waals surface area (Å²) in [4.78, 5) is 12.8. The summed E-state index contributed by atoms with van der Waals surface area (Å²) in [6.07, 6.45) is 4.86. The van der Waals surface area contributed by atoms with Gasteiger partial charge in [-0.05, 0) is 55.5 Å². The molecule has 1 aliphatic heterocycles. The van der Waals surface area contributed by atoms with Gasteiger partial charge >= 0.3 is 0 Å². The zero-order valence-electron chi connectivity index (χ0n) is 17.8. The molecular formula is C24H29N3O3S. The van der Waals surface area contributed by atoms with Crippen LogP contribution in [-0.4, -0.2) is 42.8 Å². The van der Waals surface area contributed by atoms with Crippen LogP contribution in [0.5, 0.6) is 0 Å². The lowest BCUT2D eigenvalue weighted by Crippen LogP contribution is -2.43. The Morgan fingerprint density at radius 2 is 1.81 bits per heavy atom. The Balaban J connectivity index is 1.28. The van der Waals surface area contributed by atoms with Crippen molar-refractivity contribution in [2.75, 3.05) is 19.6 Å². The molecule has 0 radical (unpaired) electrons. The van der Waals surface area contributed by atoms with Gasteiger partial charge in [0.25, 0.3) is 0 Å². The summed E-state index contributed by atoms with van der Waals surface area (Å²) in [6.45, 7) is 1.39. The van der Waals surface area contributed by atoms with Gasteiger partial charge in [0.15, 0.2) is 0 Å². The quantitative estimate of drug-likeness (QED) is 0.574. The lowest BCUT2D eigenvalue weighted by atomic mass is 9.97. The number of fused-ring (bicyclic) bond motifs is 1. The summed E-state index contributed by atoms with van der Waals surface area (Å²) in [7, 11) is -1.61. The molecule has 0 atom stereocenters. The molecule has 1 aromatic heterocycles. The maximum Gasteiger partial charge on any atom is 0.243 e. The molecule has 2 aromatic carbocycles. The molecule has 1 saturated heterocycles. The first-order valence-electron chi connectivity index (χ1n) is 10.8. The number of nitrogens with one attached hydrogen (secondary N) is 1. The third-order valence-corrected chi connectivity index (χ3v) is 8.00. The number of rotatable bonds is 7. The Morgan fingerprint density at radius 3 is 2.55 bits per heavy atom. The molecule has 1 N–H and O–H groups in total. The smallest absolute Gasteiger partial charge is 0.243 e. The first-order chi connectivity index (χ1) is 14.9. The van der Waals surface area contributed by atoms with Crippen molar-refractivity contribution in [3.05, 3.63) is 66.4 Å². The highest BCUT2D eigenvalue weighted by Crippen LogP contribution is 2.26. The Hall–Kier alpha value is -2.64. The van der Waals surface area contributed by atoms with Gasteiger partial charge in [-0.2, -0.15) is 4.31 Å². The number of nitrogens with zero attached hydrogens (tertiary/aromatic N) is 2. The van der Waals surface area contributed by atoms with E-state index < -0.39 is 10.0 Å². The number of amides is 1. The zero-order valence-corrected chi connectivity index (χ0v) is 18.6. The Labute approximate surface area is 183 Å². The average molecular weight is 440 g/mol. The molecule has 0 saturated carbocycles. The van der Waals surface area contributed by atoms with Gasteiger partial charge in [-0.25, -0.2) is 8.42 Å². The van der Waals surface area contributed by atoms with Crippen molar-refractivity contribution in [3.63, 3.8) is 0 Å². The van der Waals surface area contributed by atoms with Gasteiger partial charge < -0.3 is 9.88 Å². The topological polar surface area (TPSA) is 71.4 Å². The van der Waals surface area contributed by atoms with Crippen LogP contribution in [0.4, 0.5) is 0 Å². The minimum Gasteiger partial charge on any atom is -0.356 e. The van der Waals surface area contributed by atoms with Crippen LogP contribution in [0.1, 0.15) is 24.8 Å². The molecule has 2 heterocycles. The van der Waals surface area contributed by atoms with Gasteiger partial charge in [0.2, 0.25) is 15.9 Å². The lowest BCUT2D eigenvalue weighted by molar-refractivity contribution is -0.126. The Kier molecular flexibility index (Phi) is 6.43. The van der Waals surface area contributed by atoms with E-state index in [1.165, 1.54) is 9.87 Å². The fraction of sp³-hybridized carbons (Fsp3) is 0.375. The standard InChI is InChI=1S/C24H29N3O3S/c1-26-15-11-21-18-22(9-10-23(21)26)31(29,30)27-16-12-20(13-17-27)24(28)25-14-5-8-19-6-3-2-4-7-19/h2-4,6-7,9-11,15,18,20H,5,8,12-14,16-17H2,1H3,(H,25,28). The molecule has 4 rings (SSSR count). The highest BCUT2D eigenvalue weighted by Gasteiger charge is 2.32. The van der Waals surface area contributed by atoms with E-state index in [4.69, 9.17) is 0 Å². The van der Waals surface area contributed by atoms with Crippen molar-refractivity contribution in [2.45, 2.75) is 30.6 Å². The normalized spacial score (nSPS) is 15.9. The number of sulfonamides is 1. The van der Waals surface area contributed by atoms with Gasteiger partial charge in [0.05, 0.1) is 4.90 Å². The average Bonchev–Trinajstić information content (AvgIpc) is 3.17. The molecule has 0 unspecified atom stereocenters. The number of hydrogen-bond donors (Lipinski definition) is 1. The predicted molar refractivity (Wildman–Crippen MR) is 122 cm³/mol. The van der Waals surface area contributed by atoms with E-state index in [1.807, 2.05) is 48.1 Å². The Morgan fingerprint density at radius 1 is 1.06 bits per heavy atom. The predicted octanol–water partition coefficient (Wildman–Crippen LogP) is 3.33. The maximum atomic E-state index is 13.1. The van der Waals surface area contributed by atoms with Crippen LogP contribution in [0, 0.1) is 5.92 Å². The molecule has 0 bridgehead atoms. The summed E-state index contributed by atoms with van der Waals surface area (Å²) >= 11 is 0. The van der Waals surface area contributed by atoms with Crippen molar-refractivity contribution in [2.24, 2.45) is 13.0 Å².